The molecule has 2 heterocycles. The Hall–Kier alpha value is -2.57. The molecular weight excluding hydrogens is 320 g/mol. The highest BCUT2D eigenvalue weighted by molar-refractivity contribution is 5.76. The molecule has 1 aromatic heterocycles. The number of amides is 1. The van der Waals surface area contributed by atoms with Crippen molar-refractivity contribution in [3.05, 3.63) is 36.4 Å². The van der Waals surface area contributed by atoms with Crippen LogP contribution in [0.4, 0.5) is 0 Å². The fourth-order valence-corrected chi connectivity index (χ4v) is 3.30. The van der Waals surface area contributed by atoms with Crippen LogP contribution in [0.5, 0.6) is 11.5 Å². The fourth-order valence-electron chi connectivity index (χ4n) is 3.30. The van der Waals surface area contributed by atoms with Gasteiger partial charge in [-0.05, 0) is 31.0 Å². The summed E-state index contributed by atoms with van der Waals surface area (Å²) in [4.78, 5) is 18.3. The van der Waals surface area contributed by atoms with Gasteiger partial charge in [0.25, 0.3) is 0 Å². The van der Waals surface area contributed by atoms with E-state index in [-0.39, 0.29) is 11.8 Å². The molecule has 1 saturated heterocycles. The Morgan fingerprint density at radius 3 is 2.92 bits per heavy atom. The lowest BCUT2D eigenvalue weighted by Crippen LogP contribution is -2.28. The van der Waals surface area contributed by atoms with Gasteiger partial charge in [-0.3, -0.25) is 9.48 Å². The van der Waals surface area contributed by atoms with Gasteiger partial charge in [0.2, 0.25) is 5.91 Å². The molecule has 0 saturated carbocycles. The van der Waals surface area contributed by atoms with Gasteiger partial charge in [-0.2, -0.15) is 5.10 Å². The van der Waals surface area contributed by atoms with Crippen molar-refractivity contribution in [2.75, 3.05) is 27.3 Å². The van der Waals surface area contributed by atoms with Crippen LogP contribution in [0.1, 0.15) is 30.7 Å². The van der Waals surface area contributed by atoms with Gasteiger partial charge in [-0.1, -0.05) is 0 Å². The number of hydrogen-bond acceptors (Lipinski definition) is 5. The maximum absolute atomic E-state index is 12.5. The normalized spacial score (nSPS) is 16.9. The molecule has 0 spiro atoms. The number of nitrogens with zero attached hydrogens (tertiary/aromatic N) is 4. The number of methoxy groups -OCH3 is 2. The molecule has 1 fully saturated rings. The molecular formula is C18H24N4O3. The number of benzene rings is 1. The number of aryl methyl sites for hydroxylation is 1. The third kappa shape index (κ3) is 4.10. The topological polar surface area (TPSA) is 69.5 Å². The third-order valence-electron chi connectivity index (χ3n) is 4.66. The SMILES string of the molecule is COc1ccc(OC)c([C@H]2CCN(C(=O)CCCn3cncn3)C2)c1. The molecule has 1 atom stereocenters. The molecule has 1 aliphatic rings. The average molecular weight is 344 g/mol. The molecule has 0 N–H and O–H groups in total. The predicted molar refractivity (Wildman–Crippen MR) is 92.7 cm³/mol. The Morgan fingerprint density at radius 1 is 1.32 bits per heavy atom. The summed E-state index contributed by atoms with van der Waals surface area (Å²) in [5, 5.41) is 4.05. The number of hydrogen-bond donors (Lipinski definition) is 0. The molecule has 1 aliphatic heterocycles. The maximum atomic E-state index is 12.5. The van der Waals surface area contributed by atoms with Gasteiger partial charge in [-0.15, -0.1) is 0 Å². The average Bonchev–Trinajstić information content (AvgIpc) is 3.33. The number of rotatable bonds is 7. The first kappa shape index (κ1) is 17.3. The van der Waals surface area contributed by atoms with Crippen molar-refractivity contribution >= 4 is 5.91 Å². The van der Waals surface area contributed by atoms with E-state index in [1.54, 1.807) is 25.2 Å². The quantitative estimate of drug-likeness (QED) is 0.769. The Labute approximate surface area is 147 Å². The summed E-state index contributed by atoms with van der Waals surface area (Å²) in [6.45, 7) is 2.23. The molecule has 3 rings (SSSR count). The molecule has 1 aromatic carbocycles. The molecule has 25 heavy (non-hydrogen) atoms. The van der Waals surface area contributed by atoms with Crippen LogP contribution in [0.15, 0.2) is 30.9 Å². The van der Waals surface area contributed by atoms with E-state index >= 15 is 0 Å². The molecule has 2 aromatic rings. The van der Waals surface area contributed by atoms with Crippen molar-refractivity contribution in [2.24, 2.45) is 0 Å². The van der Waals surface area contributed by atoms with E-state index < -0.39 is 0 Å². The van der Waals surface area contributed by atoms with E-state index in [9.17, 15) is 4.79 Å². The second kappa shape index (κ2) is 8.00. The van der Waals surface area contributed by atoms with Crippen LogP contribution in [0.2, 0.25) is 0 Å². The van der Waals surface area contributed by atoms with Crippen LogP contribution >= 0.6 is 0 Å². The van der Waals surface area contributed by atoms with Gasteiger partial charge in [0.15, 0.2) is 0 Å². The zero-order chi connectivity index (χ0) is 17.6. The van der Waals surface area contributed by atoms with Crippen LogP contribution in [0.3, 0.4) is 0 Å². The number of carbonyl (C=O) groups is 1. The van der Waals surface area contributed by atoms with Crippen LogP contribution < -0.4 is 9.47 Å². The summed E-state index contributed by atoms with van der Waals surface area (Å²) in [6, 6.07) is 5.84. The minimum Gasteiger partial charge on any atom is -0.497 e. The summed E-state index contributed by atoms with van der Waals surface area (Å²) in [5.41, 5.74) is 1.11. The number of ether oxygens (including phenoxy) is 2. The summed E-state index contributed by atoms with van der Waals surface area (Å²) in [7, 11) is 3.33. The summed E-state index contributed by atoms with van der Waals surface area (Å²) in [6.07, 6.45) is 5.42. The first-order valence-electron chi connectivity index (χ1n) is 8.53. The summed E-state index contributed by atoms with van der Waals surface area (Å²) < 4.78 is 12.6. The minimum atomic E-state index is 0.199. The van der Waals surface area contributed by atoms with Crippen LogP contribution in [-0.4, -0.2) is 52.9 Å². The van der Waals surface area contributed by atoms with E-state index in [2.05, 4.69) is 10.1 Å². The minimum absolute atomic E-state index is 0.199. The predicted octanol–water partition coefficient (Wildman–Crippen LogP) is 2.09. The third-order valence-corrected chi connectivity index (χ3v) is 4.66. The molecule has 0 radical (unpaired) electrons. The van der Waals surface area contributed by atoms with Crippen molar-refractivity contribution in [3.8, 4) is 11.5 Å². The Bertz CT molecular complexity index is 702. The first-order chi connectivity index (χ1) is 12.2. The fraction of sp³-hybridized carbons (Fsp3) is 0.500. The molecule has 0 bridgehead atoms. The highest BCUT2D eigenvalue weighted by Gasteiger charge is 2.29. The lowest BCUT2D eigenvalue weighted by atomic mass is 9.97. The monoisotopic (exact) mass is 344 g/mol. The smallest absolute Gasteiger partial charge is 0.222 e. The zero-order valence-corrected chi connectivity index (χ0v) is 14.7. The van der Waals surface area contributed by atoms with Gasteiger partial charge in [0.05, 0.1) is 14.2 Å². The van der Waals surface area contributed by atoms with E-state index in [1.165, 1.54) is 6.33 Å². The lowest BCUT2D eigenvalue weighted by Gasteiger charge is -2.18. The van der Waals surface area contributed by atoms with E-state index in [1.807, 2.05) is 23.1 Å². The largest absolute Gasteiger partial charge is 0.497 e. The molecule has 7 heteroatoms. The summed E-state index contributed by atoms with van der Waals surface area (Å²) in [5.74, 6) is 2.15. The van der Waals surface area contributed by atoms with Crippen molar-refractivity contribution in [3.63, 3.8) is 0 Å². The lowest BCUT2D eigenvalue weighted by molar-refractivity contribution is -0.130. The standard InChI is InChI=1S/C18H24N4O3/c1-24-15-5-6-17(25-2)16(10-15)14-7-9-21(11-14)18(23)4-3-8-22-13-19-12-20-22/h5-6,10,12-14H,3-4,7-9,11H2,1-2H3/t14-/m0/s1. The first-order valence-corrected chi connectivity index (χ1v) is 8.53. The number of aromatic nitrogens is 3. The van der Waals surface area contributed by atoms with Crippen molar-refractivity contribution in [1.29, 1.82) is 0 Å². The van der Waals surface area contributed by atoms with Crippen LogP contribution in [0, 0.1) is 0 Å². The molecule has 0 aliphatic carbocycles. The Morgan fingerprint density at radius 2 is 2.20 bits per heavy atom. The van der Waals surface area contributed by atoms with Gasteiger partial charge < -0.3 is 14.4 Å². The van der Waals surface area contributed by atoms with Gasteiger partial charge in [0.1, 0.15) is 24.2 Å². The molecule has 134 valence electrons. The van der Waals surface area contributed by atoms with E-state index in [4.69, 9.17) is 9.47 Å². The Kier molecular flexibility index (Phi) is 5.53. The van der Waals surface area contributed by atoms with E-state index in [0.717, 1.165) is 43.0 Å². The van der Waals surface area contributed by atoms with Crippen LogP contribution in [0.25, 0.3) is 0 Å². The van der Waals surface area contributed by atoms with Crippen LogP contribution in [-0.2, 0) is 11.3 Å². The highest BCUT2D eigenvalue weighted by atomic mass is 16.5. The Balaban J connectivity index is 1.56. The highest BCUT2D eigenvalue weighted by Crippen LogP contribution is 2.36. The van der Waals surface area contributed by atoms with Gasteiger partial charge >= 0.3 is 0 Å². The second-order valence-corrected chi connectivity index (χ2v) is 6.20. The van der Waals surface area contributed by atoms with Crippen molar-refractivity contribution in [1.82, 2.24) is 19.7 Å². The second-order valence-electron chi connectivity index (χ2n) is 6.20. The van der Waals surface area contributed by atoms with Crippen molar-refractivity contribution in [2.45, 2.75) is 31.7 Å². The molecule has 0 unspecified atom stereocenters. The number of likely N-dealkylation sites (tertiary alicyclic amines) is 1. The van der Waals surface area contributed by atoms with Gasteiger partial charge in [-0.25, -0.2) is 4.98 Å². The zero-order valence-electron chi connectivity index (χ0n) is 14.7. The maximum Gasteiger partial charge on any atom is 0.222 e. The van der Waals surface area contributed by atoms with E-state index in [0.29, 0.717) is 13.0 Å². The van der Waals surface area contributed by atoms with Crippen molar-refractivity contribution < 1.29 is 14.3 Å². The van der Waals surface area contributed by atoms with Gasteiger partial charge in [0, 0.05) is 37.5 Å². The molecule has 1 amide bonds. The molecule has 7 nitrogen and oxygen atoms in total. The summed E-state index contributed by atoms with van der Waals surface area (Å²) >= 11 is 0. The number of carbonyl (C=O) groups excluding carboxylic acids is 1.